The van der Waals surface area contributed by atoms with Gasteiger partial charge in [0.25, 0.3) is 5.91 Å². The highest BCUT2D eigenvalue weighted by Crippen LogP contribution is 2.21. The number of rotatable bonds is 9. The van der Waals surface area contributed by atoms with E-state index in [1.807, 2.05) is 12.1 Å². The average molecular weight is 380 g/mol. The lowest BCUT2D eigenvalue weighted by atomic mass is 10.2. The lowest BCUT2D eigenvalue weighted by Gasteiger charge is -2.09. The van der Waals surface area contributed by atoms with Crippen molar-refractivity contribution in [3.63, 3.8) is 0 Å². The summed E-state index contributed by atoms with van der Waals surface area (Å²) in [6.45, 7) is 3.25. The first-order valence-electron chi connectivity index (χ1n) is 8.55. The fourth-order valence-electron chi connectivity index (χ4n) is 2.36. The van der Waals surface area contributed by atoms with Crippen LogP contribution in [0.15, 0.2) is 42.5 Å². The van der Waals surface area contributed by atoms with Gasteiger partial charge in [-0.15, -0.1) is 0 Å². The lowest BCUT2D eigenvalue weighted by molar-refractivity contribution is 0.0951. The quantitative estimate of drug-likeness (QED) is 0.552. The maximum Gasteiger partial charge on any atom is 0.251 e. The predicted molar refractivity (Wildman–Crippen MR) is 104 cm³/mol. The van der Waals surface area contributed by atoms with E-state index in [-0.39, 0.29) is 5.91 Å². The molecule has 0 aliphatic rings. The van der Waals surface area contributed by atoms with Crippen LogP contribution >= 0.6 is 23.2 Å². The summed E-state index contributed by atoms with van der Waals surface area (Å²) in [4.78, 5) is 12.2. The molecule has 0 aromatic heterocycles. The third-order valence-corrected chi connectivity index (χ3v) is 4.42. The van der Waals surface area contributed by atoms with Crippen molar-refractivity contribution in [2.75, 3.05) is 6.61 Å². The van der Waals surface area contributed by atoms with Crippen molar-refractivity contribution < 1.29 is 9.53 Å². The van der Waals surface area contributed by atoms with Gasteiger partial charge in [0, 0.05) is 22.2 Å². The van der Waals surface area contributed by atoms with E-state index in [1.165, 1.54) is 19.3 Å². The number of nitrogens with one attached hydrogen (secondary N) is 1. The molecule has 2 rings (SSSR count). The SMILES string of the molecule is CCCCCCOc1ccc(C(=O)NCc2ccc(Cl)cc2Cl)cc1. The van der Waals surface area contributed by atoms with Crippen LogP contribution in [-0.4, -0.2) is 12.5 Å². The minimum Gasteiger partial charge on any atom is -0.494 e. The fraction of sp³-hybridized carbons (Fsp3) is 0.350. The van der Waals surface area contributed by atoms with Crippen LogP contribution in [0.1, 0.15) is 48.5 Å². The molecule has 0 fully saturated rings. The molecule has 1 N–H and O–H groups in total. The highest BCUT2D eigenvalue weighted by Gasteiger charge is 2.07. The van der Waals surface area contributed by atoms with Crippen LogP contribution in [0.4, 0.5) is 0 Å². The fourth-order valence-corrected chi connectivity index (χ4v) is 2.84. The Balaban J connectivity index is 1.81. The summed E-state index contributed by atoms with van der Waals surface area (Å²) in [5.41, 5.74) is 1.41. The molecule has 134 valence electrons. The Morgan fingerprint density at radius 1 is 1.04 bits per heavy atom. The van der Waals surface area contributed by atoms with Crippen LogP contribution in [0.3, 0.4) is 0 Å². The number of ether oxygens (including phenoxy) is 1. The van der Waals surface area contributed by atoms with E-state index < -0.39 is 0 Å². The molecule has 0 heterocycles. The number of halogens is 2. The molecule has 2 aromatic rings. The largest absolute Gasteiger partial charge is 0.494 e. The van der Waals surface area contributed by atoms with Crippen molar-refractivity contribution in [1.29, 1.82) is 0 Å². The molecule has 0 bridgehead atoms. The van der Waals surface area contributed by atoms with Gasteiger partial charge in [0.1, 0.15) is 5.75 Å². The molecule has 0 aliphatic heterocycles. The van der Waals surface area contributed by atoms with Gasteiger partial charge in [0.15, 0.2) is 0 Å². The normalized spacial score (nSPS) is 10.5. The van der Waals surface area contributed by atoms with Crippen molar-refractivity contribution in [1.82, 2.24) is 5.32 Å². The zero-order valence-corrected chi connectivity index (χ0v) is 15.9. The third-order valence-electron chi connectivity index (χ3n) is 3.84. The molecule has 0 saturated carbocycles. The van der Waals surface area contributed by atoms with Gasteiger partial charge in [-0.1, -0.05) is 55.5 Å². The minimum absolute atomic E-state index is 0.152. The number of hydrogen-bond donors (Lipinski definition) is 1. The number of benzene rings is 2. The number of hydrogen-bond acceptors (Lipinski definition) is 2. The third kappa shape index (κ3) is 6.60. The Labute approximate surface area is 159 Å². The van der Waals surface area contributed by atoms with Gasteiger partial charge in [-0.05, 0) is 48.4 Å². The smallest absolute Gasteiger partial charge is 0.251 e. The first-order valence-corrected chi connectivity index (χ1v) is 9.30. The van der Waals surface area contributed by atoms with E-state index in [4.69, 9.17) is 27.9 Å². The van der Waals surface area contributed by atoms with Crippen LogP contribution in [-0.2, 0) is 6.54 Å². The number of carbonyl (C=O) groups is 1. The van der Waals surface area contributed by atoms with Crippen molar-refractivity contribution >= 4 is 29.1 Å². The average Bonchev–Trinajstić information content (AvgIpc) is 2.61. The second-order valence-corrected chi connectivity index (χ2v) is 6.70. The van der Waals surface area contributed by atoms with Crippen molar-refractivity contribution in [3.05, 3.63) is 63.6 Å². The van der Waals surface area contributed by atoms with Gasteiger partial charge in [0.2, 0.25) is 0 Å². The highest BCUT2D eigenvalue weighted by molar-refractivity contribution is 6.35. The summed E-state index contributed by atoms with van der Waals surface area (Å²) < 4.78 is 5.68. The molecule has 25 heavy (non-hydrogen) atoms. The summed E-state index contributed by atoms with van der Waals surface area (Å²) in [7, 11) is 0. The molecule has 0 aliphatic carbocycles. The van der Waals surface area contributed by atoms with Crippen molar-refractivity contribution in [2.45, 2.75) is 39.2 Å². The van der Waals surface area contributed by atoms with E-state index in [0.29, 0.717) is 28.8 Å². The van der Waals surface area contributed by atoms with Gasteiger partial charge >= 0.3 is 0 Å². The van der Waals surface area contributed by atoms with E-state index >= 15 is 0 Å². The number of carbonyl (C=O) groups excluding carboxylic acids is 1. The molecule has 0 spiro atoms. The zero-order valence-electron chi connectivity index (χ0n) is 14.4. The van der Waals surface area contributed by atoms with E-state index in [2.05, 4.69) is 12.2 Å². The zero-order chi connectivity index (χ0) is 18.1. The number of unbranched alkanes of at least 4 members (excludes halogenated alkanes) is 3. The highest BCUT2D eigenvalue weighted by atomic mass is 35.5. The number of amides is 1. The first-order chi connectivity index (χ1) is 12.1. The summed E-state index contributed by atoms with van der Waals surface area (Å²) in [6, 6.07) is 12.4. The molecule has 0 saturated heterocycles. The molecule has 0 atom stereocenters. The first kappa shape index (κ1) is 19.6. The van der Waals surface area contributed by atoms with Gasteiger partial charge < -0.3 is 10.1 Å². The van der Waals surface area contributed by atoms with Gasteiger partial charge in [-0.3, -0.25) is 4.79 Å². The Bertz CT molecular complexity index is 687. The predicted octanol–water partition coefficient (Wildman–Crippen LogP) is 5.88. The maximum absolute atomic E-state index is 12.2. The second kappa shape index (κ2) is 10.3. The van der Waals surface area contributed by atoms with Crippen LogP contribution < -0.4 is 10.1 Å². The summed E-state index contributed by atoms with van der Waals surface area (Å²) in [5, 5.41) is 3.97. The second-order valence-electron chi connectivity index (χ2n) is 5.85. The minimum atomic E-state index is -0.152. The molecular weight excluding hydrogens is 357 g/mol. The van der Waals surface area contributed by atoms with E-state index in [1.54, 1.807) is 30.3 Å². The van der Waals surface area contributed by atoms with E-state index in [0.717, 1.165) is 17.7 Å². The topological polar surface area (TPSA) is 38.3 Å². The molecule has 5 heteroatoms. The Morgan fingerprint density at radius 2 is 1.80 bits per heavy atom. The lowest BCUT2D eigenvalue weighted by Crippen LogP contribution is -2.22. The maximum atomic E-state index is 12.2. The van der Waals surface area contributed by atoms with Crippen LogP contribution in [0.5, 0.6) is 5.75 Å². The molecule has 0 unspecified atom stereocenters. The van der Waals surface area contributed by atoms with Crippen LogP contribution in [0.25, 0.3) is 0 Å². The molecule has 1 amide bonds. The molecule has 3 nitrogen and oxygen atoms in total. The Hall–Kier alpha value is -1.71. The van der Waals surface area contributed by atoms with Crippen LogP contribution in [0, 0.1) is 0 Å². The van der Waals surface area contributed by atoms with Gasteiger partial charge in [-0.25, -0.2) is 0 Å². The Morgan fingerprint density at radius 3 is 2.48 bits per heavy atom. The van der Waals surface area contributed by atoms with Crippen LogP contribution in [0.2, 0.25) is 10.0 Å². The van der Waals surface area contributed by atoms with Gasteiger partial charge in [-0.2, -0.15) is 0 Å². The van der Waals surface area contributed by atoms with Crippen molar-refractivity contribution in [2.24, 2.45) is 0 Å². The summed E-state index contributed by atoms with van der Waals surface area (Å²) in [6.07, 6.45) is 4.69. The van der Waals surface area contributed by atoms with Gasteiger partial charge in [0.05, 0.1) is 6.61 Å². The summed E-state index contributed by atoms with van der Waals surface area (Å²) >= 11 is 12.0. The molecular formula is C20H23Cl2NO2. The monoisotopic (exact) mass is 379 g/mol. The standard InChI is InChI=1S/C20H23Cl2NO2/c1-2-3-4-5-12-25-18-10-7-15(8-11-18)20(24)23-14-16-6-9-17(21)13-19(16)22/h6-11,13H,2-5,12,14H2,1H3,(H,23,24). The molecule has 2 aromatic carbocycles. The van der Waals surface area contributed by atoms with E-state index in [9.17, 15) is 4.79 Å². The summed E-state index contributed by atoms with van der Waals surface area (Å²) in [5.74, 6) is 0.634. The molecule has 0 radical (unpaired) electrons. The Kier molecular flexibility index (Phi) is 8.10. The van der Waals surface area contributed by atoms with Crippen molar-refractivity contribution in [3.8, 4) is 5.75 Å².